The van der Waals surface area contributed by atoms with Gasteiger partial charge < -0.3 is 4.90 Å². The highest BCUT2D eigenvalue weighted by atomic mass is 35.5. The fourth-order valence-corrected chi connectivity index (χ4v) is 2.09. The number of pyridine rings is 1. The van der Waals surface area contributed by atoms with E-state index in [1.807, 2.05) is 6.07 Å². The van der Waals surface area contributed by atoms with Crippen molar-refractivity contribution in [3.8, 4) is 0 Å². The maximum Gasteiger partial charge on any atom is 0.147 e. The molecular formula is C12H18Cl2N2. The van der Waals surface area contributed by atoms with Crippen LogP contribution in [0, 0.1) is 0 Å². The second-order valence-corrected chi connectivity index (χ2v) is 4.50. The van der Waals surface area contributed by atoms with Crippen LogP contribution in [-0.4, -0.2) is 17.6 Å². The summed E-state index contributed by atoms with van der Waals surface area (Å²) in [5, 5.41) is 0.681. The van der Waals surface area contributed by atoms with Gasteiger partial charge in [0, 0.05) is 24.7 Å². The molecule has 0 bridgehead atoms. The first-order valence-corrected chi connectivity index (χ1v) is 6.52. The van der Waals surface area contributed by atoms with Crippen LogP contribution in [0.1, 0.15) is 32.8 Å². The summed E-state index contributed by atoms with van der Waals surface area (Å²) >= 11 is 12.0. The molecule has 1 aromatic rings. The Morgan fingerprint density at radius 3 is 2.56 bits per heavy atom. The number of alkyl halides is 1. The molecule has 1 rings (SSSR count). The minimum Gasteiger partial charge on any atom is -0.353 e. The van der Waals surface area contributed by atoms with Crippen molar-refractivity contribution in [1.82, 2.24) is 4.98 Å². The molecule has 16 heavy (non-hydrogen) atoms. The molecule has 1 unspecified atom stereocenters. The number of hydrogen-bond acceptors (Lipinski definition) is 2. The minimum atomic E-state index is 0.442. The van der Waals surface area contributed by atoms with Gasteiger partial charge in [0.15, 0.2) is 0 Å². The van der Waals surface area contributed by atoms with E-state index in [4.69, 9.17) is 23.2 Å². The second kappa shape index (κ2) is 6.31. The Hall–Kier alpha value is -0.470. The minimum absolute atomic E-state index is 0.442. The molecule has 0 saturated carbocycles. The molecule has 1 heterocycles. The van der Waals surface area contributed by atoms with Crippen LogP contribution in [0.5, 0.6) is 0 Å². The van der Waals surface area contributed by atoms with E-state index >= 15 is 0 Å². The lowest BCUT2D eigenvalue weighted by atomic mass is 10.2. The summed E-state index contributed by atoms with van der Waals surface area (Å²) in [5.74, 6) is 1.30. The predicted molar refractivity (Wildman–Crippen MR) is 71.6 cm³/mol. The molecule has 0 radical (unpaired) electrons. The van der Waals surface area contributed by atoms with Gasteiger partial charge in [0.2, 0.25) is 0 Å². The molecule has 0 aliphatic carbocycles. The molecule has 0 aromatic carbocycles. The topological polar surface area (TPSA) is 16.1 Å². The van der Waals surface area contributed by atoms with E-state index in [-0.39, 0.29) is 0 Å². The van der Waals surface area contributed by atoms with E-state index < -0.39 is 0 Å². The summed E-state index contributed by atoms with van der Waals surface area (Å²) in [6.07, 6.45) is 2.86. The van der Waals surface area contributed by atoms with Gasteiger partial charge in [-0.05, 0) is 31.9 Å². The Labute approximate surface area is 108 Å². The standard InChI is InChI=1S/C12H18Cl2N2/c1-4-9(3)16(5-2)12-11(14)6-10(7-13)8-15-12/h6,8-9H,4-5,7H2,1-3H3. The fraction of sp³-hybridized carbons (Fsp3) is 0.583. The predicted octanol–water partition coefficient (Wildman–Crippen LogP) is 4.10. The summed E-state index contributed by atoms with van der Waals surface area (Å²) in [7, 11) is 0. The molecule has 1 aromatic heterocycles. The van der Waals surface area contributed by atoms with Crippen molar-refractivity contribution >= 4 is 29.0 Å². The number of aromatic nitrogens is 1. The fourth-order valence-electron chi connectivity index (χ4n) is 1.65. The largest absolute Gasteiger partial charge is 0.353 e. The first-order valence-electron chi connectivity index (χ1n) is 5.61. The summed E-state index contributed by atoms with van der Waals surface area (Å²) in [6.45, 7) is 7.35. The highest BCUT2D eigenvalue weighted by Gasteiger charge is 2.15. The smallest absolute Gasteiger partial charge is 0.147 e. The van der Waals surface area contributed by atoms with Crippen molar-refractivity contribution in [2.45, 2.75) is 39.1 Å². The van der Waals surface area contributed by atoms with Crippen LogP contribution in [0.15, 0.2) is 12.3 Å². The van der Waals surface area contributed by atoms with E-state index in [1.165, 1.54) is 0 Å². The average molecular weight is 261 g/mol. The number of rotatable bonds is 5. The van der Waals surface area contributed by atoms with Crippen LogP contribution < -0.4 is 4.90 Å². The highest BCUT2D eigenvalue weighted by Crippen LogP contribution is 2.26. The third-order valence-electron chi connectivity index (χ3n) is 2.77. The van der Waals surface area contributed by atoms with Gasteiger partial charge in [-0.3, -0.25) is 0 Å². The molecule has 0 N–H and O–H groups in total. The quantitative estimate of drug-likeness (QED) is 0.742. The molecule has 0 fully saturated rings. The highest BCUT2D eigenvalue weighted by molar-refractivity contribution is 6.33. The summed E-state index contributed by atoms with van der Waals surface area (Å²) in [6, 6.07) is 2.33. The van der Waals surface area contributed by atoms with Gasteiger partial charge in [-0.25, -0.2) is 4.98 Å². The normalized spacial score (nSPS) is 12.6. The molecular weight excluding hydrogens is 243 g/mol. The molecule has 0 saturated heterocycles. The van der Waals surface area contributed by atoms with Gasteiger partial charge in [0.25, 0.3) is 0 Å². The summed E-state index contributed by atoms with van der Waals surface area (Å²) in [4.78, 5) is 6.61. The van der Waals surface area contributed by atoms with E-state index in [0.29, 0.717) is 16.9 Å². The maximum atomic E-state index is 6.22. The third-order valence-corrected chi connectivity index (χ3v) is 3.36. The van der Waals surface area contributed by atoms with Crippen molar-refractivity contribution in [2.24, 2.45) is 0 Å². The Bertz CT molecular complexity index is 342. The maximum absolute atomic E-state index is 6.22. The van der Waals surface area contributed by atoms with Crippen LogP contribution in [0.4, 0.5) is 5.82 Å². The lowest BCUT2D eigenvalue weighted by molar-refractivity contribution is 0.623. The zero-order valence-electron chi connectivity index (χ0n) is 10.0. The van der Waals surface area contributed by atoms with Crippen molar-refractivity contribution in [3.05, 3.63) is 22.8 Å². The van der Waals surface area contributed by atoms with Gasteiger partial charge in [-0.15, -0.1) is 11.6 Å². The Kier molecular flexibility index (Phi) is 5.36. The first-order chi connectivity index (χ1) is 7.63. The molecule has 0 aliphatic heterocycles. The van der Waals surface area contributed by atoms with E-state index in [2.05, 4.69) is 30.7 Å². The van der Waals surface area contributed by atoms with Crippen LogP contribution >= 0.6 is 23.2 Å². The van der Waals surface area contributed by atoms with Gasteiger partial charge >= 0.3 is 0 Å². The van der Waals surface area contributed by atoms with Gasteiger partial charge in [-0.1, -0.05) is 18.5 Å². The van der Waals surface area contributed by atoms with Crippen LogP contribution in [-0.2, 0) is 5.88 Å². The SMILES string of the molecule is CCC(C)N(CC)c1ncc(CCl)cc1Cl. The third kappa shape index (κ3) is 3.02. The van der Waals surface area contributed by atoms with E-state index in [1.54, 1.807) is 6.20 Å². The number of nitrogens with zero attached hydrogens (tertiary/aromatic N) is 2. The van der Waals surface area contributed by atoms with E-state index in [9.17, 15) is 0 Å². The van der Waals surface area contributed by atoms with Crippen LogP contribution in [0.25, 0.3) is 0 Å². The molecule has 1 atom stereocenters. The van der Waals surface area contributed by atoms with Crippen molar-refractivity contribution in [1.29, 1.82) is 0 Å². The van der Waals surface area contributed by atoms with Crippen molar-refractivity contribution < 1.29 is 0 Å². The second-order valence-electron chi connectivity index (χ2n) is 3.83. The lowest BCUT2D eigenvalue weighted by Crippen LogP contribution is -2.33. The van der Waals surface area contributed by atoms with Crippen molar-refractivity contribution in [2.75, 3.05) is 11.4 Å². The number of hydrogen-bond donors (Lipinski definition) is 0. The van der Waals surface area contributed by atoms with Crippen LogP contribution in [0.2, 0.25) is 5.02 Å². The van der Waals surface area contributed by atoms with Crippen LogP contribution in [0.3, 0.4) is 0 Å². The van der Waals surface area contributed by atoms with Gasteiger partial charge in [-0.2, -0.15) is 0 Å². The summed E-state index contributed by atoms with van der Waals surface area (Å²) < 4.78 is 0. The molecule has 90 valence electrons. The zero-order chi connectivity index (χ0) is 12.1. The Morgan fingerprint density at radius 2 is 2.12 bits per heavy atom. The molecule has 0 spiro atoms. The lowest BCUT2D eigenvalue weighted by Gasteiger charge is -2.29. The summed E-state index contributed by atoms with van der Waals surface area (Å²) in [5.41, 5.74) is 0.954. The molecule has 0 aliphatic rings. The van der Waals surface area contributed by atoms with E-state index in [0.717, 1.165) is 24.3 Å². The van der Waals surface area contributed by atoms with Gasteiger partial charge in [0.1, 0.15) is 5.82 Å². The Morgan fingerprint density at radius 1 is 1.44 bits per heavy atom. The van der Waals surface area contributed by atoms with Gasteiger partial charge in [0.05, 0.1) is 5.02 Å². The molecule has 4 heteroatoms. The number of anilines is 1. The molecule has 2 nitrogen and oxygen atoms in total. The number of halogens is 2. The molecule has 0 amide bonds. The zero-order valence-corrected chi connectivity index (χ0v) is 11.5. The first kappa shape index (κ1) is 13.6. The van der Waals surface area contributed by atoms with Crippen molar-refractivity contribution in [3.63, 3.8) is 0 Å². The monoisotopic (exact) mass is 260 g/mol. The average Bonchev–Trinajstić information content (AvgIpc) is 2.31. The Balaban J connectivity index is 3.01.